The summed E-state index contributed by atoms with van der Waals surface area (Å²) in [5, 5.41) is 6.41. The molecule has 0 fully saturated rings. The first-order valence-electron chi connectivity index (χ1n) is 6.32. The molecule has 0 saturated carbocycles. The molecular weight excluding hydrogens is 276 g/mol. The van der Waals surface area contributed by atoms with E-state index in [0.29, 0.717) is 23.1 Å². The highest BCUT2D eigenvalue weighted by atomic mass is 35.5. The van der Waals surface area contributed by atoms with Crippen LogP contribution in [-0.4, -0.2) is 22.4 Å². The van der Waals surface area contributed by atoms with Crippen molar-refractivity contribution in [3.63, 3.8) is 0 Å². The highest BCUT2D eigenvalue weighted by Crippen LogP contribution is 2.23. The number of benzene rings is 1. The summed E-state index contributed by atoms with van der Waals surface area (Å²) in [6.45, 7) is 2.61. The smallest absolute Gasteiger partial charge is 0.270 e. The van der Waals surface area contributed by atoms with Crippen LogP contribution in [0.15, 0.2) is 36.7 Å². The molecule has 0 unspecified atom stereocenters. The van der Waals surface area contributed by atoms with Crippen LogP contribution in [0.1, 0.15) is 23.8 Å². The number of hydrogen-bond donors (Lipinski definition) is 2. The molecule has 0 bridgehead atoms. The zero-order chi connectivity index (χ0) is 14.4. The van der Waals surface area contributed by atoms with Crippen LogP contribution in [0, 0.1) is 0 Å². The summed E-state index contributed by atoms with van der Waals surface area (Å²) in [5.41, 5.74) is 1.05. The standard InChI is InChI=1S/C14H15ClN4O/c1-2-7-16-14(20)12-8-13(18-9-17-12)19-11-6-4-3-5-10(11)15/h3-6,8-9H,2,7H2,1H3,(H,16,20)(H,17,18,19). The summed E-state index contributed by atoms with van der Waals surface area (Å²) in [4.78, 5) is 19.9. The van der Waals surface area contributed by atoms with Crippen LogP contribution >= 0.6 is 11.6 Å². The lowest BCUT2D eigenvalue weighted by atomic mass is 10.3. The van der Waals surface area contributed by atoms with Gasteiger partial charge in [0.1, 0.15) is 17.8 Å². The zero-order valence-corrected chi connectivity index (χ0v) is 11.8. The van der Waals surface area contributed by atoms with Gasteiger partial charge in [-0.25, -0.2) is 9.97 Å². The lowest BCUT2D eigenvalue weighted by Crippen LogP contribution is -2.25. The van der Waals surface area contributed by atoms with Crippen molar-refractivity contribution in [1.82, 2.24) is 15.3 Å². The third-order valence-corrected chi connectivity index (χ3v) is 2.90. The third-order valence-electron chi connectivity index (χ3n) is 2.57. The molecule has 0 radical (unpaired) electrons. The van der Waals surface area contributed by atoms with Gasteiger partial charge >= 0.3 is 0 Å². The van der Waals surface area contributed by atoms with Crippen LogP contribution in [0.25, 0.3) is 0 Å². The highest BCUT2D eigenvalue weighted by Gasteiger charge is 2.08. The van der Waals surface area contributed by atoms with Crippen molar-refractivity contribution in [2.24, 2.45) is 0 Å². The number of carbonyl (C=O) groups excluding carboxylic acids is 1. The second kappa shape index (κ2) is 6.86. The Bertz CT molecular complexity index is 603. The molecule has 6 heteroatoms. The molecule has 104 valence electrons. The average molecular weight is 291 g/mol. The molecule has 0 spiro atoms. The molecule has 0 atom stereocenters. The second-order valence-corrected chi connectivity index (χ2v) is 4.56. The van der Waals surface area contributed by atoms with Gasteiger partial charge in [-0.05, 0) is 18.6 Å². The number of halogens is 1. The molecule has 1 aromatic carbocycles. The highest BCUT2D eigenvalue weighted by molar-refractivity contribution is 6.33. The van der Waals surface area contributed by atoms with Gasteiger partial charge in [0.25, 0.3) is 5.91 Å². The average Bonchev–Trinajstić information content (AvgIpc) is 2.47. The molecule has 0 aliphatic heterocycles. The van der Waals surface area contributed by atoms with E-state index in [0.717, 1.165) is 12.1 Å². The van der Waals surface area contributed by atoms with Gasteiger partial charge in [0, 0.05) is 12.6 Å². The van der Waals surface area contributed by atoms with Crippen LogP contribution in [0.4, 0.5) is 11.5 Å². The second-order valence-electron chi connectivity index (χ2n) is 4.15. The van der Waals surface area contributed by atoms with Gasteiger partial charge in [-0.3, -0.25) is 4.79 Å². The lowest BCUT2D eigenvalue weighted by Gasteiger charge is -2.08. The fraction of sp³-hybridized carbons (Fsp3) is 0.214. The van der Waals surface area contributed by atoms with Gasteiger partial charge in [-0.15, -0.1) is 0 Å². The van der Waals surface area contributed by atoms with Crippen molar-refractivity contribution in [3.05, 3.63) is 47.4 Å². The SMILES string of the molecule is CCCNC(=O)c1cc(Nc2ccccc2Cl)ncn1. The van der Waals surface area contributed by atoms with Crippen molar-refractivity contribution in [1.29, 1.82) is 0 Å². The number of rotatable bonds is 5. The molecular formula is C14H15ClN4O. The first-order chi connectivity index (χ1) is 9.70. The predicted octanol–water partition coefficient (Wildman–Crippen LogP) is 3.01. The van der Waals surface area contributed by atoms with Gasteiger partial charge in [-0.2, -0.15) is 0 Å². The van der Waals surface area contributed by atoms with E-state index in [1.54, 1.807) is 12.1 Å². The minimum absolute atomic E-state index is 0.212. The van der Waals surface area contributed by atoms with E-state index in [2.05, 4.69) is 20.6 Å². The minimum atomic E-state index is -0.212. The Kier molecular flexibility index (Phi) is 4.90. The Labute approximate surface area is 122 Å². The number of aromatic nitrogens is 2. The van der Waals surface area contributed by atoms with Crippen LogP contribution in [-0.2, 0) is 0 Å². The van der Waals surface area contributed by atoms with Gasteiger partial charge < -0.3 is 10.6 Å². The van der Waals surface area contributed by atoms with E-state index in [-0.39, 0.29) is 5.91 Å². The lowest BCUT2D eigenvalue weighted by molar-refractivity contribution is 0.0948. The summed E-state index contributed by atoms with van der Waals surface area (Å²) >= 11 is 6.06. The zero-order valence-electron chi connectivity index (χ0n) is 11.1. The van der Waals surface area contributed by atoms with Crippen LogP contribution in [0.3, 0.4) is 0 Å². The van der Waals surface area contributed by atoms with Crippen LogP contribution < -0.4 is 10.6 Å². The third kappa shape index (κ3) is 3.68. The number of carbonyl (C=O) groups is 1. The van der Waals surface area contributed by atoms with Gasteiger partial charge in [-0.1, -0.05) is 30.7 Å². The van der Waals surface area contributed by atoms with Gasteiger partial charge in [0.15, 0.2) is 0 Å². The predicted molar refractivity (Wildman–Crippen MR) is 79.4 cm³/mol. The van der Waals surface area contributed by atoms with E-state index in [1.807, 2.05) is 25.1 Å². The number of nitrogens with zero attached hydrogens (tertiary/aromatic N) is 2. The van der Waals surface area contributed by atoms with Crippen LogP contribution in [0.2, 0.25) is 5.02 Å². The molecule has 1 heterocycles. The maximum absolute atomic E-state index is 11.8. The molecule has 0 aliphatic rings. The number of anilines is 2. The largest absolute Gasteiger partial charge is 0.351 e. The summed E-state index contributed by atoms with van der Waals surface area (Å²) in [7, 11) is 0. The first kappa shape index (κ1) is 14.3. The molecule has 20 heavy (non-hydrogen) atoms. The van der Waals surface area contributed by atoms with E-state index >= 15 is 0 Å². The normalized spacial score (nSPS) is 10.1. The Morgan fingerprint density at radius 1 is 1.30 bits per heavy atom. The monoisotopic (exact) mass is 290 g/mol. The molecule has 0 aliphatic carbocycles. The number of para-hydroxylation sites is 1. The van der Waals surface area contributed by atoms with Gasteiger partial charge in [0.2, 0.25) is 0 Å². The van der Waals surface area contributed by atoms with E-state index in [4.69, 9.17) is 11.6 Å². The van der Waals surface area contributed by atoms with Crippen molar-refractivity contribution >= 4 is 29.0 Å². The molecule has 2 aromatic rings. The Balaban J connectivity index is 2.14. The fourth-order valence-electron chi connectivity index (χ4n) is 1.58. The Morgan fingerprint density at radius 2 is 2.10 bits per heavy atom. The summed E-state index contributed by atoms with van der Waals surface area (Å²) in [5.74, 6) is 0.311. The molecule has 5 nitrogen and oxygen atoms in total. The molecule has 1 amide bonds. The fourth-order valence-corrected chi connectivity index (χ4v) is 1.76. The van der Waals surface area contributed by atoms with Crippen LogP contribution in [0.5, 0.6) is 0 Å². The van der Waals surface area contributed by atoms with E-state index < -0.39 is 0 Å². The molecule has 2 rings (SSSR count). The Morgan fingerprint density at radius 3 is 2.85 bits per heavy atom. The summed E-state index contributed by atoms with van der Waals surface area (Å²) < 4.78 is 0. The number of amides is 1. The van der Waals surface area contributed by atoms with E-state index in [1.165, 1.54) is 6.33 Å². The van der Waals surface area contributed by atoms with Crippen molar-refractivity contribution in [2.45, 2.75) is 13.3 Å². The molecule has 1 aromatic heterocycles. The van der Waals surface area contributed by atoms with E-state index in [9.17, 15) is 4.79 Å². The van der Waals surface area contributed by atoms with Crippen molar-refractivity contribution in [2.75, 3.05) is 11.9 Å². The van der Waals surface area contributed by atoms with Crippen molar-refractivity contribution < 1.29 is 4.79 Å². The number of nitrogens with one attached hydrogen (secondary N) is 2. The Hall–Kier alpha value is -2.14. The first-order valence-corrected chi connectivity index (χ1v) is 6.70. The maximum Gasteiger partial charge on any atom is 0.270 e. The molecule has 2 N–H and O–H groups in total. The summed E-state index contributed by atoms with van der Waals surface area (Å²) in [6.07, 6.45) is 2.22. The van der Waals surface area contributed by atoms with Gasteiger partial charge in [0.05, 0.1) is 10.7 Å². The molecule has 0 saturated heterocycles. The quantitative estimate of drug-likeness (QED) is 0.888. The minimum Gasteiger partial charge on any atom is -0.351 e. The number of hydrogen-bond acceptors (Lipinski definition) is 4. The maximum atomic E-state index is 11.8. The topological polar surface area (TPSA) is 66.9 Å². The van der Waals surface area contributed by atoms with Crippen molar-refractivity contribution in [3.8, 4) is 0 Å². The summed E-state index contributed by atoms with van der Waals surface area (Å²) in [6, 6.07) is 8.91.